The normalized spacial score (nSPS) is 11.0. The second-order valence-electron chi connectivity index (χ2n) is 4.44. The van der Waals surface area contributed by atoms with Gasteiger partial charge in [-0.1, -0.05) is 36.4 Å². The van der Waals surface area contributed by atoms with Crippen molar-refractivity contribution in [3.63, 3.8) is 0 Å². The predicted octanol–water partition coefficient (Wildman–Crippen LogP) is 1.80. The predicted molar refractivity (Wildman–Crippen MR) is 78.3 cm³/mol. The van der Waals surface area contributed by atoms with Crippen molar-refractivity contribution in [2.75, 3.05) is 0 Å². The molecule has 0 heterocycles. The zero-order chi connectivity index (χ0) is 17.0. The van der Waals surface area contributed by atoms with E-state index in [1.54, 1.807) is 38.1 Å². The molecule has 0 aliphatic heterocycles. The van der Waals surface area contributed by atoms with Gasteiger partial charge in [-0.2, -0.15) is 0 Å². The molecule has 0 aliphatic rings. The summed E-state index contributed by atoms with van der Waals surface area (Å²) in [7, 11) is -8.57. The second-order valence-corrected chi connectivity index (χ2v) is 7.14. The van der Waals surface area contributed by atoms with Gasteiger partial charge >= 0.3 is 27.7 Å². The minimum Gasteiger partial charge on any atom is -0.744 e. The average molecular weight is 543 g/mol. The van der Waals surface area contributed by atoms with Crippen molar-refractivity contribution in [3.05, 3.63) is 59.7 Å². The number of aryl methyl sites for hydroxylation is 2. The Morgan fingerprint density at radius 2 is 0.913 bits per heavy atom. The first-order valence-corrected chi connectivity index (χ1v) is 8.88. The van der Waals surface area contributed by atoms with Crippen LogP contribution in [0.25, 0.3) is 0 Å². The molecule has 0 aromatic heterocycles. The van der Waals surface area contributed by atoms with Crippen molar-refractivity contribution < 1.29 is 53.6 Å². The van der Waals surface area contributed by atoms with E-state index in [0.717, 1.165) is 0 Å². The first kappa shape index (κ1) is 22.2. The van der Waals surface area contributed by atoms with Crippen LogP contribution in [0.4, 0.5) is 0 Å². The third-order valence-corrected chi connectivity index (χ3v) is 4.72. The van der Waals surface area contributed by atoms with Gasteiger partial charge in [0.15, 0.2) is 0 Å². The molecule has 0 bridgehead atoms. The van der Waals surface area contributed by atoms with Gasteiger partial charge in [-0.15, -0.1) is 0 Å². The fourth-order valence-electron chi connectivity index (χ4n) is 1.67. The maximum absolute atomic E-state index is 10.5. The van der Waals surface area contributed by atoms with Gasteiger partial charge in [-0.3, -0.25) is 0 Å². The first-order chi connectivity index (χ1) is 10.0. The summed E-state index contributed by atoms with van der Waals surface area (Å²) in [5.41, 5.74) is 0.977. The zero-order valence-corrected chi connectivity index (χ0v) is 19.7. The molecule has 0 saturated carbocycles. The number of rotatable bonds is 2. The van der Waals surface area contributed by atoms with Crippen LogP contribution in [-0.2, 0) is 47.9 Å². The Kier molecular flexibility index (Phi) is 8.57. The molecule has 0 aliphatic carbocycles. The fraction of sp³-hybridized carbons (Fsp3) is 0.143. The van der Waals surface area contributed by atoms with Gasteiger partial charge in [0.2, 0.25) is 0 Å². The second kappa shape index (κ2) is 8.88. The SMILES string of the molecule is Cc1ccccc1S(=O)(=O)[O-].Cc1ccccc1S(=O)(=O)[O-].[Hg+2]. The molecular weight excluding hydrogens is 529 g/mol. The summed E-state index contributed by atoms with van der Waals surface area (Å²) < 4.78 is 63.0. The van der Waals surface area contributed by atoms with E-state index in [2.05, 4.69) is 0 Å². The van der Waals surface area contributed by atoms with Gasteiger partial charge in [0, 0.05) is 0 Å². The van der Waals surface area contributed by atoms with Crippen LogP contribution < -0.4 is 0 Å². The first-order valence-electron chi connectivity index (χ1n) is 6.06. The number of hydrogen-bond donors (Lipinski definition) is 0. The maximum Gasteiger partial charge on any atom is 2.00 e. The minimum absolute atomic E-state index is 0. The Labute approximate surface area is 156 Å². The molecule has 0 spiro atoms. The Hall–Kier alpha value is -0.805. The number of benzene rings is 2. The largest absolute Gasteiger partial charge is 2.00 e. The van der Waals surface area contributed by atoms with Crippen LogP contribution in [0.3, 0.4) is 0 Å². The molecule has 0 unspecified atom stereocenters. The van der Waals surface area contributed by atoms with Gasteiger partial charge in [-0.25, -0.2) is 16.8 Å². The van der Waals surface area contributed by atoms with E-state index in [1.165, 1.54) is 24.3 Å². The molecule has 2 aromatic rings. The third-order valence-electron chi connectivity index (χ3n) is 2.73. The van der Waals surface area contributed by atoms with Gasteiger partial charge in [0.05, 0.1) is 9.79 Å². The molecule has 0 atom stereocenters. The summed E-state index contributed by atoms with van der Waals surface area (Å²) in [5.74, 6) is 0. The summed E-state index contributed by atoms with van der Waals surface area (Å²) in [6.07, 6.45) is 0. The molecule has 2 aromatic carbocycles. The quantitative estimate of drug-likeness (QED) is 0.422. The van der Waals surface area contributed by atoms with E-state index < -0.39 is 20.2 Å². The van der Waals surface area contributed by atoms with Crippen molar-refractivity contribution in [2.45, 2.75) is 23.6 Å². The molecule has 6 nitrogen and oxygen atoms in total. The van der Waals surface area contributed by atoms with Crippen LogP contribution in [0.15, 0.2) is 58.3 Å². The Morgan fingerprint density at radius 1 is 0.652 bits per heavy atom. The van der Waals surface area contributed by atoms with Crippen LogP contribution in [0, 0.1) is 13.8 Å². The number of hydrogen-bond acceptors (Lipinski definition) is 6. The van der Waals surface area contributed by atoms with Crippen molar-refractivity contribution in [1.82, 2.24) is 0 Å². The van der Waals surface area contributed by atoms with Crippen molar-refractivity contribution in [2.24, 2.45) is 0 Å². The Morgan fingerprint density at radius 3 is 1.09 bits per heavy atom. The van der Waals surface area contributed by atoms with Gasteiger partial charge in [0.1, 0.15) is 20.2 Å². The molecular formula is C14H14HgO6S2. The van der Waals surface area contributed by atoms with Crippen LogP contribution in [0.5, 0.6) is 0 Å². The van der Waals surface area contributed by atoms with Crippen LogP contribution in [0.1, 0.15) is 11.1 Å². The molecule has 0 saturated heterocycles. The fourth-order valence-corrected chi connectivity index (χ4v) is 3.09. The molecule has 0 fully saturated rings. The summed E-state index contributed by atoms with van der Waals surface area (Å²) >= 11 is 0. The molecule has 0 N–H and O–H groups in total. The van der Waals surface area contributed by atoms with E-state index in [-0.39, 0.29) is 37.5 Å². The smallest absolute Gasteiger partial charge is 0.744 e. The van der Waals surface area contributed by atoms with Crippen LogP contribution in [-0.4, -0.2) is 25.9 Å². The monoisotopic (exact) mass is 544 g/mol. The van der Waals surface area contributed by atoms with Gasteiger partial charge in [-0.05, 0) is 37.1 Å². The molecule has 2 rings (SSSR count). The summed E-state index contributed by atoms with van der Waals surface area (Å²) in [6.45, 7) is 3.18. The van der Waals surface area contributed by atoms with E-state index in [0.29, 0.717) is 11.1 Å². The maximum atomic E-state index is 10.5. The molecule has 0 amide bonds. The van der Waals surface area contributed by atoms with Crippen molar-refractivity contribution in [1.29, 1.82) is 0 Å². The van der Waals surface area contributed by atoms with Gasteiger partial charge in [0.25, 0.3) is 0 Å². The molecule has 9 heteroatoms. The van der Waals surface area contributed by atoms with E-state index in [9.17, 15) is 25.9 Å². The Balaban J connectivity index is 0.000000403. The zero-order valence-electron chi connectivity index (χ0n) is 12.6. The van der Waals surface area contributed by atoms with Crippen LogP contribution >= 0.6 is 0 Å². The van der Waals surface area contributed by atoms with Crippen molar-refractivity contribution in [3.8, 4) is 0 Å². The minimum atomic E-state index is -4.28. The average Bonchev–Trinajstić information content (AvgIpc) is 2.37. The summed E-state index contributed by atoms with van der Waals surface area (Å²) in [4.78, 5) is -0.278. The summed E-state index contributed by atoms with van der Waals surface area (Å²) in [5, 5.41) is 0. The van der Waals surface area contributed by atoms with E-state index in [1.807, 2.05) is 0 Å². The Bertz CT molecular complexity index is 787. The molecule has 120 valence electrons. The molecule has 23 heavy (non-hydrogen) atoms. The van der Waals surface area contributed by atoms with E-state index >= 15 is 0 Å². The van der Waals surface area contributed by atoms with Gasteiger partial charge < -0.3 is 9.11 Å². The van der Waals surface area contributed by atoms with E-state index in [4.69, 9.17) is 0 Å². The molecule has 0 radical (unpaired) electrons. The standard InChI is InChI=1S/2C7H8O3S.Hg/c2*1-6-4-2-3-5-7(6)11(8,9)10;/h2*2-5H,1H3,(H,8,9,10);/q;;+2/p-2. The third kappa shape index (κ3) is 7.09. The summed E-state index contributed by atoms with van der Waals surface area (Å²) in [6, 6.07) is 12.2. The topological polar surface area (TPSA) is 114 Å². The van der Waals surface area contributed by atoms with Crippen LogP contribution in [0.2, 0.25) is 0 Å². The van der Waals surface area contributed by atoms with Crippen molar-refractivity contribution >= 4 is 20.2 Å².